The lowest BCUT2D eigenvalue weighted by Crippen LogP contribution is -2.49. The van der Waals surface area contributed by atoms with E-state index in [1.54, 1.807) is 14.2 Å². The fourth-order valence-corrected chi connectivity index (χ4v) is 7.27. The molecule has 0 saturated carbocycles. The molecule has 0 aliphatic rings. The molecule has 236 valence electrons. The molecular formula is C42H42N2O2Si. The second-order valence-electron chi connectivity index (χ2n) is 12.2. The third kappa shape index (κ3) is 6.93. The van der Waals surface area contributed by atoms with E-state index in [2.05, 4.69) is 183 Å². The average Bonchev–Trinajstić information content (AvgIpc) is 3.11. The lowest BCUT2D eigenvalue weighted by atomic mass is 10.0. The summed E-state index contributed by atoms with van der Waals surface area (Å²) >= 11 is 0. The Balaban J connectivity index is 1.42. The Labute approximate surface area is 280 Å². The Morgan fingerprint density at radius 3 is 1.04 bits per heavy atom. The van der Waals surface area contributed by atoms with Gasteiger partial charge in [-0.1, -0.05) is 89.5 Å². The van der Waals surface area contributed by atoms with E-state index in [0.29, 0.717) is 0 Å². The molecule has 0 fully saturated rings. The van der Waals surface area contributed by atoms with Crippen LogP contribution in [0.5, 0.6) is 0 Å². The van der Waals surface area contributed by atoms with Crippen LogP contribution in [0.2, 0.25) is 6.55 Å². The number of benzene rings is 6. The smallest absolute Gasteiger partial charge is 0.368 e. The van der Waals surface area contributed by atoms with Crippen LogP contribution in [0.4, 0.5) is 34.1 Å². The molecule has 0 amide bonds. The zero-order chi connectivity index (χ0) is 33.0. The summed E-state index contributed by atoms with van der Waals surface area (Å²) in [6.07, 6.45) is 0. The predicted molar refractivity (Wildman–Crippen MR) is 201 cm³/mol. The molecule has 0 atom stereocenters. The normalized spacial score (nSPS) is 11.4. The van der Waals surface area contributed by atoms with Gasteiger partial charge in [-0.2, -0.15) is 0 Å². The summed E-state index contributed by atoms with van der Waals surface area (Å²) in [4.78, 5) is 4.63. The van der Waals surface area contributed by atoms with Crippen LogP contribution in [0.1, 0.15) is 16.7 Å². The maximum absolute atomic E-state index is 5.81. The monoisotopic (exact) mass is 634 g/mol. The molecular weight excluding hydrogens is 593 g/mol. The van der Waals surface area contributed by atoms with Crippen molar-refractivity contribution >= 4 is 47.9 Å². The standard InChI is InChI=1S/C42H42N2O2Si/c1-31-13-19-36(20-14-31)43(37-21-15-32(2)16-22-37)40-11-7-9-34(29-40)35-10-8-12-41(30-35)44(38-23-17-33(3)18-24-38)39-25-27-42(28-26-39)47(6,45-4)46-5/h7-30H,1-6H3. The second kappa shape index (κ2) is 13.8. The molecule has 4 nitrogen and oxygen atoms in total. The number of nitrogens with zero attached hydrogens (tertiary/aromatic N) is 2. The summed E-state index contributed by atoms with van der Waals surface area (Å²) in [6.45, 7) is 8.43. The number of anilines is 6. The van der Waals surface area contributed by atoms with Crippen molar-refractivity contribution in [3.05, 3.63) is 162 Å². The first kappa shape index (κ1) is 32.0. The maximum Gasteiger partial charge on any atom is 0.368 e. The van der Waals surface area contributed by atoms with E-state index in [-0.39, 0.29) is 0 Å². The Hall–Kier alpha value is -4.94. The molecule has 0 aliphatic heterocycles. The van der Waals surface area contributed by atoms with Gasteiger partial charge < -0.3 is 18.7 Å². The van der Waals surface area contributed by atoms with E-state index < -0.39 is 8.56 Å². The molecule has 6 aromatic carbocycles. The molecule has 0 radical (unpaired) electrons. The average molecular weight is 635 g/mol. The van der Waals surface area contributed by atoms with Crippen LogP contribution >= 0.6 is 0 Å². The molecule has 0 N–H and O–H groups in total. The number of aryl methyl sites for hydroxylation is 3. The van der Waals surface area contributed by atoms with E-state index in [4.69, 9.17) is 8.85 Å². The van der Waals surface area contributed by atoms with E-state index in [0.717, 1.165) is 50.4 Å². The summed E-state index contributed by atoms with van der Waals surface area (Å²) in [5.74, 6) is 0. The van der Waals surface area contributed by atoms with Crippen LogP contribution in [0, 0.1) is 20.8 Å². The van der Waals surface area contributed by atoms with E-state index in [1.165, 1.54) is 16.7 Å². The Morgan fingerprint density at radius 2 is 0.723 bits per heavy atom. The first-order valence-corrected chi connectivity index (χ1v) is 18.3. The second-order valence-corrected chi connectivity index (χ2v) is 15.5. The molecule has 6 aromatic rings. The molecule has 0 saturated heterocycles. The van der Waals surface area contributed by atoms with Gasteiger partial charge in [0.2, 0.25) is 0 Å². The van der Waals surface area contributed by atoms with Crippen molar-refractivity contribution in [2.75, 3.05) is 24.0 Å². The first-order chi connectivity index (χ1) is 22.8. The minimum Gasteiger partial charge on any atom is -0.394 e. The predicted octanol–water partition coefficient (Wildman–Crippen LogP) is 10.8. The minimum absolute atomic E-state index is 1.07. The van der Waals surface area contributed by atoms with Gasteiger partial charge in [-0.05, 0) is 116 Å². The van der Waals surface area contributed by atoms with Crippen molar-refractivity contribution in [2.45, 2.75) is 27.3 Å². The van der Waals surface area contributed by atoms with Gasteiger partial charge in [0.15, 0.2) is 0 Å². The van der Waals surface area contributed by atoms with Gasteiger partial charge in [-0.25, -0.2) is 0 Å². The summed E-state index contributed by atoms with van der Waals surface area (Å²) in [7, 11) is 1.01. The summed E-state index contributed by atoms with van der Waals surface area (Å²) in [5, 5.41) is 1.09. The number of hydrogen-bond acceptors (Lipinski definition) is 4. The SMILES string of the molecule is CO[Si](C)(OC)c1ccc(N(c2ccc(C)cc2)c2cccc(-c3cccc(N(c4ccc(C)cc4)c4ccc(C)cc4)c3)c2)cc1. The summed E-state index contributed by atoms with van der Waals surface area (Å²) in [5.41, 5.74) is 12.6. The molecule has 0 unspecified atom stereocenters. The third-order valence-corrected chi connectivity index (χ3v) is 11.8. The molecule has 0 heterocycles. The van der Waals surface area contributed by atoms with Crippen molar-refractivity contribution in [2.24, 2.45) is 0 Å². The molecule has 0 bridgehead atoms. The van der Waals surface area contributed by atoms with Crippen LogP contribution in [-0.4, -0.2) is 22.8 Å². The van der Waals surface area contributed by atoms with Crippen molar-refractivity contribution in [1.82, 2.24) is 0 Å². The van der Waals surface area contributed by atoms with Gasteiger partial charge >= 0.3 is 8.56 Å². The summed E-state index contributed by atoms with van der Waals surface area (Å²) < 4.78 is 11.6. The quantitative estimate of drug-likeness (QED) is 0.140. The molecule has 5 heteroatoms. The minimum atomic E-state index is -2.44. The van der Waals surface area contributed by atoms with Crippen LogP contribution in [0.15, 0.2) is 146 Å². The fraction of sp³-hybridized carbons (Fsp3) is 0.143. The molecule has 0 aromatic heterocycles. The van der Waals surface area contributed by atoms with Crippen LogP contribution in [0.3, 0.4) is 0 Å². The highest BCUT2D eigenvalue weighted by Crippen LogP contribution is 2.39. The number of hydrogen-bond donors (Lipinski definition) is 0. The zero-order valence-corrected chi connectivity index (χ0v) is 29.1. The van der Waals surface area contributed by atoms with Gasteiger partial charge in [-0.3, -0.25) is 0 Å². The highest BCUT2D eigenvalue weighted by Gasteiger charge is 2.31. The molecule has 47 heavy (non-hydrogen) atoms. The Bertz CT molecular complexity index is 1890. The molecule has 0 aliphatic carbocycles. The van der Waals surface area contributed by atoms with Gasteiger partial charge in [0.25, 0.3) is 0 Å². The zero-order valence-electron chi connectivity index (χ0n) is 28.1. The third-order valence-electron chi connectivity index (χ3n) is 8.85. The Kier molecular flexibility index (Phi) is 9.41. The van der Waals surface area contributed by atoms with Crippen molar-refractivity contribution in [1.29, 1.82) is 0 Å². The van der Waals surface area contributed by atoms with Gasteiger partial charge in [0.05, 0.1) is 0 Å². The number of rotatable bonds is 10. The topological polar surface area (TPSA) is 24.9 Å². The first-order valence-electron chi connectivity index (χ1n) is 16.0. The van der Waals surface area contributed by atoms with Crippen LogP contribution in [-0.2, 0) is 8.85 Å². The highest BCUT2D eigenvalue weighted by molar-refractivity contribution is 6.79. The lowest BCUT2D eigenvalue weighted by molar-refractivity contribution is 0.265. The van der Waals surface area contributed by atoms with Crippen LogP contribution < -0.4 is 15.0 Å². The van der Waals surface area contributed by atoms with Gasteiger partial charge in [0.1, 0.15) is 0 Å². The van der Waals surface area contributed by atoms with Gasteiger partial charge in [-0.15, -0.1) is 0 Å². The molecule has 6 rings (SSSR count). The van der Waals surface area contributed by atoms with Crippen molar-refractivity contribution in [3.8, 4) is 11.1 Å². The lowest BCUT2D eigenvalue weighted by Gasteiger charge is -2.28. The maximum atomic E-state index is 5.81. The Morgan fingerprint density at radius 1 is 0.404 bits per heavy atom. The molecule has 0 spiro atoms. The summed E-state index contributed by atoms with van der Waals surface area (Å²) in [6, 6.07) is 52.3. The van der Waals surface area contributed by atoms with Gasteiger partial charge in [0, 0.05) is 48.3 Å². The van der Waals surface area contributed by atoms with E-state index >= 15 is 0 Å². The van der Waals surface area contributed by atoms with Crippen molar-refractivity contribution < 1.29 is 8.85 Å². The highest BCUT2D eigenvalue weighted by atomic mass is 28.4. The van der Waals surface area contributed by atoms with E-state index in [9.17, 15) is 0 Å². The largest absolute Gasteiger partial charge is 0.394 e. The fourth-order valence-electron chi connectivity index (χ4n) is 5.86. The van der Waals surface area contributed by atoms with Crippen LogP contribution in [0.25, 0.3) is 11.1 Å². The van der Waals surface area contributed by atoms with E-state index in [1.807, 2.05) is 0 Å². The van der Waals surface area contributed by atoms with Crippen molar-refractivity contribution in [3.63, 3.8) is 0 Å².